The molecule has 1 N–H and O–H groups in total. The van der Waals surface area contributed by atoms with Gasteiger partial charge in [-0.1, -0.05) is 22.8 Å². The highest BCUT2D eigenvalue weighted by Gasteiger charge is 2.12. The molecule has 0 unspecified atom stereocenters. The topological polar surface area (TPSA) is 56.5 Å². The van der Waals surface area contributed by atoms with E-state index in [-0.39, 0.29) is 0 Å². The van der Waals surface area contributed by atoms with Crippen molar-refractivity contribution in [2.24, 2.45) is 0 Å². The van der Waals surface area contributed by atoms with Crippen LogP contribution in [0.4, 0.5) is 5.69 Å². The summed E-state index contributed by atoms with van der Waals surface area (Å²) < 4.78 is 15.8. The second-order valence-electron chi connectivity index (χ2n) is 4.61. The Labute approximate surface area is 129 Å². The quantitative estimate of drug-likeness (QED) is 0.792. The number of methoxy groups -OCH3 is 1. The van der Waals surface area contributed by atoms with E-state index >= 15 is 0 Å². The second kappa shape index (κ2) is 7.33. The Balaban J connectivity index is 2.10. The normalized spacial score (nSPS) is 10.7. The van der Waals surface area contributed by atoms with Gasteiger partial charge in [0.2, 0.25) is 0 Å². The number of hydrogen-bond acceptors (Lipinski definition) is 5. The van der Waals surface area contributed by atoms with Crippen LogP contribution < -0.4 is 10.1 Å². The number of aryl methyl sites for hydroxylation is 2. The first-order chi connectivity index (χ1) is 10.1. The number of rotatable bonds is 7. The Morgan fingerprint density at radius 2 is 2.10 bits per heavy atom. The first-order valence-electron chi connectivity index (χ1n) is 6.69. The Kier molecular flexibility index (Phi) is 5.47. The van der Waals surface area contributed by atoms with Crippen molar-refractivity contribution < 1.29 is 14.0 Å². The molecule has 0 aliphatic heterocycles. The summed E-state index contributed by atoms with van der Waals surface area (Å²) in [5.41, 5.74) is 2.75. The highest BCUT2D eigenvalue weighted by molar-refractivity contribution is 6.32. The van der Waals surface area contributed by atoms with E-state index in [9.17, 15) is 0 Å². The molecular formula is C15H19ClN2O3. The van der Waals surface area contributed by atoms with Crippen molar-refractivity contribution in [2.75, 3.05) is 25.6 Å². The molecule has 1 aromatic carbocycles. The third kappa shape index (κ3) is 3.89. The van der Waals surface area contributed by atoms with Crippen LogP contribution in [0.15, 0.2) is 22.7 Å². The van der Waals surface area contributed by atoms with Gasteiger partial charge in [0, 0.05) is 19.2 Å². The van der Waals surface area contributed by atoms with Gasteiger partial charge in [0.05, 0.1) is 23.0 Å². The van der Waals surface area contributed by atoms with Gasteiger partial charge in [-0.15, -0.1) is 0 Å². The van der Waals surface area contributed by atoms with E-state index in [0.29, 0.717) is 30.5 Å². The maximum Gasteiger partial charge on any atom is 0.161 e. The highest BCUT2D eigenvalue weighted by atomic mass is 35.5. The van der Waals surface area contributed by atoms with E-state index < -0.39 is 0 Å². The van der Waals surface area contributed by atoms with Gasteiger partial charge in [0.1, 0.15) is 12.4 Å². The zero-order valence-corrected chi connectivity index (χ0v) is 13.2. The van der Waals surface area contributed by atoms with Gasteiger partial charge in [-0.2, -0.15) is 0 Å². The van der Waals surface area contributed by atoms with Crippen molar-refractivity contribution in [1.29, 1.82) is 0 Å². The van der Waals surface area contributed by atoms with Gasteiger partial charge in [0.15, 0.2) is 5.75 Å². The number of hydrogen-bond donors (Lipinski definition) is 1. The molecule has 5 nitrogen and oxygen atoms in total. The smallest absolute Gasteiger partial charge is 0.161 e. The lowest BCUT2D eigenvalue weighted by atomic mass is 10.2. The van der Waals surface area contributed by atoms with E-state index in [1.54, 1.807) is 13.2 Å². The molecule has 2 rings (SSSR count). The minimum Gasteiger partial charge on any atom is -0.487 e. The fourth-order valence-electron chi connectivity index (χ4n) is 1.96. The van der Waals surface area contributed by atoms with E-state index in [4.69, 9.17) is 25.6 Å². The van der Waals surface area contributed by atoms with Crippen molar-refractivity contribution in [1.82, 2.24) is 5.16 Å². The second-order valence-corrected chi connectivity index (χ2v) is 5.02. The summed E-state index contributed by atoms with van der Waals surface area (Å²) in [5, 5.41) is 7.82. The molecule has 0 atom stereocenters. The molecule has 114 valence electrons. The van der Waals surface area contributed by atoms with Gasteiger partial charge in [0.25, 0.3) is 0 Å². The van der Waals surface area contributed by atoms with Gasteiger partial charge in [-0.25, -0.2) is 0 Å². The van der Waals surface area contributed by atoms with Crippen LogP contribution >= 0.6 is 11.6 Å². The number of benzene rings is 1. The Morgan fingerprint density at radius 1 is 1.29 bits per heavy atom. The number of halogens is 1. The molecule has 0 aliphatic carbocycles. The van der Waals surface area contributed by atoms with Gasteiger partial charge >= 0.3 is 0 Å². The zero-order chi connectivity index (χ0) is 15.2. The molecule has 1 aromatic heterocycles. The summed E-state index contributed by atoms with van der Waals surface area (Å²) in [7, 11) is 1.63. The fraction of sp³-hybridized carbons (Fsp3) is 0.400. The molecule has 0 bridgehead atoms. The van der Waals surface area contributed by atoms with Crippen LogP contribution in [0.2, 0.25) is 5.02 Å². The summed E-state index contributed by atoms with van der Waals surface area (Å²) >= 11 is 6.19. The number of aromatic nitrogens is 1. The predicted octanol–water partition coefficient (Wildman–Crippen LogP) is 3.58. The largest absolute Gasteiger partial charge is 0.487 e. The van der Waals surface area contributed by atoms with Gasteiger partial charge < -0.3 is 19.3 Å². The van der Waals surface area contributed by atoms with Crippen LogP contribution in [-0.4, -0.2) is 25.5 Å². The number of nitrogens with one attached hydrogen (secondary N) is 1. The summed E-state index contributed by atoms with van der Waals surface area (Å²) in [6.45, 7) is 5.36. The van der Waals surface area contributed by atoms with E-state index in [1.807, 2.05) is 26.0 Å². The highest BCUT2D eigenvalue weighted by Crippen LogP contribution is 2.33. The number of nitrogens with zero attached hydrogens (tertiary/aromatic N) is 1. The van der Waals surface area contributed by atoms with Crippen LogP contribution in [0.25, 0.3) is 0 Å². The lowest BCUT2D eigenvalue weighted by molar-refractivity contribution is 0.146. The minimum atomic E-state index is 0.445. The molecule has 0 aliphatic rings. The number of anilines is 1. The summed E-state index contributed by atoms with van der Waals surface area (Å²) in [6, 6.07) is 5.60. The summed E-state index contributed by atoms with van der Waals surface area (Å²) in [6.07, 6.45) is 0. The van der Waals surface area contributed by atoms with Crippen molar-refractivity contribution in [3.05, 3.63) is 40.2 Å². The standard InChI is InChI=1S/C15H19ClN2O3/c1-10-12(11(2)21-18-10)9-17-14-6-4-5-13(16)15(14)20-8-7-19-3/h4-6,17H,7-9H2,1-3H3. The van der Waals surface area contributed by atoms with Crippen LogP contribution in [0, 0.1) is 13.8 Å². The summed E-state index contributed by atoms with van der Waals surface area (Å²) in [5.74, 6) is 1.44. The average molecular weight is 311 g/mol. The zero-order valence-electron chi connectivity index (χ0n) is 12.4. The molecule has 21 heavy (non-hydrogen) atoms. The van der Waals surface area contributed by atoms with E-state index in [2.05, 4.69) is 10.5 Å². The van der Waals surface area contributed by atoms with Gasteiger partial charge in [-0.05, 0) is 26.0 Å². The third-order valence-corrected chi connectivity index (χ3v) is 3.44. The van der Waals surface area contributed by atoms with Crippen molar-refractivity contribution in [3.63, 3.8) is 0 Å². The summed E-state index contributed by atoms with van der Waals surface area (Å²) in [4.78, 5) is 0. The SMILES string of the molecule is COCCOc1c(Cl)cccc1NCc1c(C)noc1C. The molecule has 0 saturated carbocycles. The molecule has 0 fully saturated rings. The lowest BCUT2D eigenvalue weighted by Gasteiger charge is -2.14. The molecule has 0 amide bonds. The molecule has 2 aromatic rings. The number of ether oxygens (including phenoxy) is 2. The average Bonchev–Trinajstić information content (AvgIpc) is 2.78. The molecular weight excluding hydrogens is 292 g/mol. The Morgan fingerprint density at radius 3 is 2.76 bits per heavy atom. The van der Waals surface area contributed by atoms with Crippen molar-refractivity contribution >= 4 is 17.3 Å². The first kappa shape index (κ1) is 15.7. The minimum absolute atomic E-state index is 0.445. The van der Waals surface area contributed by atoms with Crippen molar-refractivity contribution in [2.45, 2.75) is 20.4 Å². The lowest BCUT2D eigenvalue weighted by Crippen LogP contribution is -2.08. The van der Waals surface area contributed by atoms with Gasteiger partial charge in [-0.3, -0.25) is 0 Å². The monoisotopic (exact) mass is 310 g/mol. The predicted molar refractivity (Wildman–Crippen MR) is 82.1 cm³/mol. The van der Waals surface area contributed by atoms with E-state index in [1.165, 1.54) is 0 Å². The molecule has 0 radical (unpaired) electrons. The van der Waals surface area contributed by atoms with E-state index in [0.717, 1.165) is 22.7 Å². The van der Waals surface area contributed by atoms with Crippen LogP contribution in [0.1, 0.15) is 17.0 Å². The van der Waals surface area contributed by atoms with Crippen LogP contribution in [0.5, 0.6) is 5.75 Å². The third-order valence-electron chi connectivity index (χ3n) is 3.14. The molecule has 0 spiro atoms. The maximum absolute atomic E-state index is 6.19. The molecule has 0 saturated heterocycles. The van der Waals surface area contributed by atoms with Crippen LogP contribution in [0.3, 0.4) is 0 Å². The Hall–Kier alpha value is -1.72. The Bertz CT molecular complexity index is 579. The fourth-order valence-corrected chi connectivity index (χ4v) is 2.19. The molecule has 6 heteroatoms. The number of para-hydroxylation sites is 1. The molecule has 1 heterocycles. The first-order valence-corrected chi connectivity index (χ1v) is 7.07. The van der Waals surface area contributed by atoms with Crippen molar-refractivity contribution in [3.8, 4) is 5.75 Å². The van der Waals surface area contributed by atoms with Crippen LogP contribution in [-0.2, 0) is 11.3 Å². The maximum atomic E-state index is 6.19.